The molecule has 0 radical (unpaired) electrons. The Kier molecular flexibility index (Phi) is 4.55. The summed E-state index contributed by atoms with van der Waals surface area (Å²) < 4.78 is 15.0. The number of rotatable bonds is 6. The topological polar surface area (TPSA) is 29.9 Å². The van der Waals surface area contributed by atoms with Crippen LogP contribution in [-0.2, 0) is 6.54 Å². The van der Waals surface area contributed by atoms with E-state index in [1.165, 1.54) is 12.1 Å². The molecule has 0 saturated heterocycles. The van der Waals surface area contributed by atoms with Crippen LogP contribution in [0.5, 0.6) is 0 Å². The molecular weight excluding hydrogens is 241 g/mol. The summed E-state index contributed by atoms with van der Waals surface area (Å²) in [6, 6.07) is 6.59. The zero-order valence-electron chi connectivity index (χ0n) is 11.5. The maximum absolute atomic E-state index is 12.9. The molecule has 0 bridgehead atoms. The Labute approximate surface area is 113 Å². The first-order valence-corrected chi connectivity index (χ1v) is 6.71. The third-order valence-electron chi connectivity index (χ3n) is 2.98. The molecule has 0 aliphatic heterocycles. The zero-order chi connectivity index (χ0) is 13.7. The number of nitrogens with zero attached hydrogens (tertiary/aromatic N) is 2. The Bertz CT molecular complexity index is 517. The molecule has 0 unspecified atom stereocenters. The summed E-state index contributed by atoms with van der Waals surface area (Å²) in [7, 11) is 0. The molecule has 3 nitrogen and oxygen atoms in total. The SMILES string of the molecule is CCCCNc1nc(C)cn1Cc1ccc(F)cc1. The molecule has 1 aromatic heterocycles. The summed E-state index contributed by atoms with van der Waals surface area (Å²) in [5, 5.41) is 3.34. The van der Waals surface area contributed by atoms with E-state index >= 15 is 0 Å². The van der Waals surface area contributed by atoms with Crippen LogP contribution in [0.25, 0.3) is 0 Å². The molecular formula is C15H20FN3. The van der Waals surface area contributed by atoms with Gasteiger partial charge in [-0.25, -0.2) is 9.37 Å². The van der Waals surface area contributed by atoms with Crippen LogP contribution in [0, 0.1) is 12.7 Å². The Morgan fingerprint density at radius 3 is 2.68 bits per heavy atom. The average Bonchev–Trinajstić information content (AvgIpc) is 2.73. The minimum Gasteiger partial charge on any atom is -0.356 e. The van der Waals surface area contributed by atoms with E-state index in [1.54, 1.807) is 12.1 Å². The number of aromatic nitrogens is 2. The standard InChI is InChI=1S/C15H20FN3/c1-3-4-9-17-15-18-12(2)10-19(15)11-13-5-7-14(16)8-6-13/h5-8,10H,3-4,9,11H2,1-2H3,(H,17,18). The number of hydrogen-bond acceptors (Lipinski definition) is 2. The Hall–Kier alpha value is -1.84. The molecule has 1 N–H and O–H groups in total. The number of halogens is 1. The van der Waals surface area contributed by atoms with E-state index in [-0.39, 0.29) is 5.82 Å². The van der Waals surface area contributed by atoms with Crippen molar-refractivity contribution >= 4 is 5.95 Å². The van der Waals surface area contributed by atoms with Crippen LogP contribution >= 0.6 is 0 Å². The van der Waals surface area contributed by atoms with Crippen LogP contribution in [0.1, 0.15) is 31.0 Å². The number of imidazole rings is 1. The van der Waals surface area contributed by atoms with Crippen molar-refractivity contribution < 1.29 is 4.39 Å². The number of benzene rings is 1. The van der Waals surface area contributed by atoms with E-state index < -0.39 is 0 Å². The Balaban J connectivity index is 2.08. The second kappa shape index (κ2) is 6.36. The minimum absolute atomic E-state index is 0.202. The van der Waals surface area contributed by atoms with Gasteiger partial charge in [-0.05, 0) is 31.0 Å². The summed E-state index contributed by atoms with van der Waals surface area (Å²) in [6.45, 7) is 5.77. The van der Waals surface area contributed by atoms with Gasteiger partial charge in [0.15, 0.2) is 0 Å². The molecule has 0 amide bonds. The van der Waals surface area contributed by atoms with Gasteiger partial charge in [0, 0.05) is 12.7 Å². The van der Waals surface area contributed by atoms with Crippen LogP contribution in [-0.4, -0.2) is 16.1 Å². The summed E-state index contributed by atoms with van der Waals surface area (Å²) >= 11 is 0. The molecule has 4 heteroatoms. The highest BCUT2D eigenvalue weighted by Crippen LogP contribution is 2.12. The highest BCUT2D eigenvalue weighted by atomic mass is 19.1. The van der Waals surface area contributed by atoms with Gasteiger partial charge in [0.2, 0.25) is 5.95 Å². The lowest BCUT2D eigenvalue weighted by molar-refractivity contribution is 0.626. The molecule has 0 saturated carbocycles. The number of aryl methyl sites for hydroxylation is 1. The van der Waals surface area contributed by atoms with E-state index in [0.717, 1.165) is 36.6 Å². The fourth-order valence-corrected chi connectivity index (χ4v) is 1.97. The number of hydrogen-bond donors (Lipinski definition) is 1. The third-order valence-corrected chi connectivity index (χ3v) is 2.98. The fraction of sp³-hybridized carbons (Fsp3) is 0.400. The van der Waals surface area contributed by atoms with Crippen molar-refractivity contribution in [1.82, 2.24) is 9.55 Å². The van der Waals surface area contributed by atoms with Crippen LogP contribution in [0.3, 0.4) is 0 Å². The van der Waals surface area contributed by atoms with Crippen LogP contribution in [0.4, 0.5) is 10.3 Å². The molecule has 0 aliphatic carbocycles. The Morgan fingerprint density at radius 1 is 1.26 bits per heavy atom. The highest BCUT2D eigenvalue weighted by Gasteiger charge is 2.05. The first kappa shape index (κ1) is 13.6. The van der Waals surface area contributed by atoms with E-state index in [9.17, 15) is 4.39 Å². The molecule has 19 heavy (non-hydrogen) atoms. The summed E-state index contributed by atoms with van der Waals surface area (Å²) in [5.74, 6) is 0.683. The molecule has 102 valence electrons. The van der Waals surface area contributed by atoms with Crippen molar-refractivity contribution in [3.8, 4) is 0 Å². The second-order valence-corrected chi connectivity index (χ2v) is 4.74. The summed E-state index contributed by atoms with van der Waals surface area (Å²) in [4.78, 5) is 4.47. The molecule has 1 aromatic carbocycles. The van der Waals surface area contributed by atoms with E-state index in [4.69, 9.17) is 0 Å². The average molecular weight is 261 g/mol. The van der Waals surface area contributed by atoms with Crippen LogP contribution < -0.4 is 5.32 Å². The fourth-order valence-electron chi connectivity index (χ4n) is 1.97. The van der Waals surface area contributed by atoms with Gasteiger partial charge in [0.05, 0.1) is 12.2 Å². The monoisotopic (exact) mass is 261 g/mol. The highest BCUT2D eigenvalue weighted by molar-refractivity contribution is 5.30. The number of nitrogens with one attached hydrogen (secondary N) is 1. The van der Waals surface area contributed by atoms with E-state index in [2.05, 4.69) is 21.8 Å². The van der Waals surface area contributed by atoms with E-state index in [0.29, 0.717) is 6.54 Å². The summed E-state index contributed by atoms with van der Waals surface area (Å²) in [6.07, 6.45) is 4.30. The maximum Gasteiger partial charge on any atom is 0.203 e. The molecule has 0 fully saturated rings. The van der Waals surface area contributed by atoms with Gasteiger partial charge in [-0.3, -0.25) is 0 Å². The Morgan fingerprint density at radius 2 is 2.00 bits per heavy atom. The van der Waals surface area contributed by atoms with Gasteiger partial charge < -0.3 is 9.88 Å². The lowest BCUT2D eigenvalue weighted by Gasteiger charge is -2.09. The number of unbranched alkanes of at least 4 members (excludes halogenated alkanes) is 1. The predicted molar refractivity (Wildman–Crippen MR) is 75.9 cm³/mol. The smallest absolute Gasteiger partial charge is 0.203 e. The van der Waals surface area contributed by atoms with Gasteiger partial charge in [0.1, 0.15) is 5.82 Å². The summed E-state index contributed by atoms with van der Waals surface area (Å²) in [5.41, 5.74) is 2.05. The molecule has 0 atom stereocenters. The second-order valence-electron chi connectivity index (χ2n) is 4.74. The van der Waals surface area contributed by atoms with Gasteiger partial charge in [-0.15, -0.1) is 0 Å². The zero-order valence-corrected chi connectivity index (χ0v) is 11.5. The maximum atomic E-state index is 12.9. The first-order chi connectivity index (χ1) is 9.19. The van der Waals surface area contributed by atoms with Crippen molar-refractivity contribution in [1.29, 1.82) is 0 Å². The van der Waals surface area contributed by atoms with E-state index in [1.807, 2.05) is 13.1 Å². The lowest BCUT2D eigenvalue weighted by atomic mass is 10.2. The molecule has 2 aromatic rings. The van der Waals surface area contributed by atoms with Crippen LogP contribution in [0.15, 0.2) is 30.5 Å². The first-order valence-electron chi connectivity index (χ1n) is 6.71. The number of anilines is 1. The molecule has 0 aliphatic rings. The minimum atomic E-state index is -0.202. The van der Waals surface area contributed by atoms with Crippen molar-refractivity contribution in [2.45, 2.75) is 33.2 Å². The van der Waals surface area contributed by atoms with Crippen LogP contribution in [0.2, 0.25) is 0 Å². The van der Waals surface area contributed by atoms with Gasteiger partial charge in [-0.1, -0.05) is 25.5 Å². The van der Waals surface area contributed by atoms with Crippen molar-refractivity contribution in [3.05, 3.63) is 47.5 Å². The third kappa shape index (κ3) is 3.81. The molecule has 1 heterocycles. The molecule has 0 spiro atoms. The quantitative estimate of drug-likeness (QED) is 0.805. The van der Waals surface area contributed by atoms with Gasteiger partial charge in [-0.2, -0.15) is 0 Å². The van der Waals surface area contributed by atoms with Crippen molar-refractivity contribution in [2.75, 3.05) is 11.9 Å². The van der Waals surface area contributed by atoms with Crippen molar-refractivity contribution in [2.24, 2.45) is 0 Å². The predicted octanol–water partition coefficient (Wildman–Crippen LogP) is 3.59. The normalized spacial score (nSPS) is 10.7. The molecule has 2 rings (SSSR count). The largest absolute Gasteiger partial charge is 0.356 e. The lowest BCUT2D eigenvalue weighted by Crippen LogP contribution is -2.09. The van der Waals surface area contributed by atoms with Crippen molar-refractivity contribution in [3.63, 3.8) is 0 Å². The van der Waals surface area contributed by atoms with Gasteiger partial charge >= 0.3 is 0 Å². The van der Waals surface area contributed by atoms with Gasteiger partial charge in [0.25, 0.3) is 0 Å².